The van der Waals surface area contributed by atoms with Crippen molar-refractivity contribution >= 4 is 22.5 Å². The minimum absolute atomic E-state index is 0.665. The minimum Gasteiger partial charge on any atom is -0.297 e. The lowest BCUT2D eigenvalue weighted by Gasteiger charge is -2.17. The van der Waals surface area contributed by atoms with Gasteiger partial charge >= 0.3 is 0 Å². The fraction of sp³-hybridized carbons (Fsp3) is 0.462. The Morgan fingerprint density at radius 3 is 2.82 bits per heavy atom. The van der Waals surface area contributed by atoms with E-state index >= 15 is 0 Å². The average molecular weight is 252 g/mol. The second-order valence-corrected chi connectivity index (χ2v) is 4.52. The van der Waals surface area contributed by atoms with Gasteiger partial charge in [-0.3, -0.25) is 9.58 Å². The monoisotopic (exact) mass is 251 g/mol. The van der Waals surface area contributed by atoms with Crippen molar-refractivity contribution in [2.45, 2.75) is 13.5 Å². The molecule has 1 aromatic carbocycles. The maximum Gasteiger partial charge on any atom is 0.0843 e. The molecule has 0 amide bonds. The highest BCUT2D eigenvalue weighted by atomic mass is 35.5. The van der Waals surface area contributed by atoms with Crippen LogP contribution in [0.3, 0.4) is 0 Å². The number of benzene rings is 1. The first-order valence-corrected chi connectivity index (χ1v) is 6.48. The van der Waals surface area contributed by atoms with Crippen LogP contribution in [0, 0.1) is 0 Å². The van der Waals surface area contributed by atoms with E-state index in [9.17, 15) is 0 Å². The highest BCUT2D eigenvalue weighted by molar-refractivity contribution is 6.18. The van der Waals surface area contributed by atoms with Crippen molar-refractivity contribution in [1.29, 1.82) is 0 Å². The van der Waals surface area contributed by atoms with Crippen LogP contribution in [-0.4, -0.2) is 33.6 Å². The molecule has 0 radical (unpaired) electrons. The van der Waals surface area contributed by atoms with Gasteiger partial charge in [-0.05, 0) is 12.6 Å². The second kappa shape index (κ2) is 5.52. The Hall–Kier alpha value is -1.06. The van der Waals surface area contributed by atoms with Crippen molar-refractivity contribution in [3.8, 4) is 0 Å². The smallest absolute Gasteiger partial charge is 0.0843 e. The number of aryl methyl sites for hydroxylation is 1. The van der Waals surface area contributed by atoms with Crippen molar-refractivity contribution in [2.24, 2.45) is 7.05 Å². The van der Waals surface area contributed by atoms with Crippen LogP contribution < -0.4 is 0 Å². The van der Waals surface area contributed by atoms with Gasteiger partial charge in [0, 0.05) is 31.4 Å². The number of aromatic nitrogens is 2. The van der Waals surface area contributed by atoms with Gasteiger partial charge in [0.05, 0.1) is 11.2 Å². The summed E-state index contributed by atoms with van der Waals surface area (Å²) in [5.41, 5.74) is 2.32. The third-order valence-electron chi connectivity index (χ3n) is 3.06. The predicted molar refractivity (Wildman–Crippen MR) is 72.4 cm³/mol. The molecule has 0 N–H and O–H groups in total. The molecule has 0 bridgehead atoms. The first kappa shape index (κ1) is 12.4. The predicted octanol–water partition coefficient (Wildman–Crippen LogP) is 2.63. The van der Waals surface area contributed by atoms with Crippen LogP contribution >= 0.6 is 11.6 Å². The average Bonchev–Trinajstić information content (AvgIpc) is 2.66. The van der Waals surface area contributed by atoms with E-state index in [1.54, 1.807) is 0 Å². The topological polar surface area (TPSA) is 21.1 Å². The zero-order valence-electron chi connectivity index (χ0n) is 10.4. The number of fused-ring (bicyclic) bond motifs is 1. The molecule has 2 aromatic rings. The lowest BCUT2D eigenvalue weighted by atomic mass is 10.2. The Balaban J connectivity index is 2.29. The summed E-state index contributed by atoms with van der Waals surface area (Å²) in [6.45, 7) is 4.92. The molecule has 4 heteroatoms. The van der Waals surface area contributed by atoms with Gasteiger partial charge in [-0.15, -0.1) is 11.6 Å². The lowest BCUT2D eigenvalue weighted by Crippen LogP contribution is -2.25. The molecular weight excluding hydrogens is 234 g/mol. The van der Waals surface area contributed by atoms with Gasteiger partial charge in [-0.25, -0.2) is 0 Å². The van der Waals surface area contributed by atoms with Crippen molar-refractivity contribution in [3.05, 3.63) is 30.0 Å². The van der Waals surface area contributed by atoms with Crippen LogP contribution in [0.2, 0.25) is 0 Å². The molecule has 1 heterocycles. The molecule has 1 aromatic heterocycles. The molecule has 0 aliphatic rings. The van der Waals surface area contributed by atoms with E-state index in [4.69, 9.17) is 11.6 Å². The standard InChI is InChI=1S/C13H18ClN3/c1-3-17(9-8-14)10-12-11-6-4-5-7-13(11)16(2)15-12/h4-7H,3,8-10H2,1-2H3. The van der Waals surface area contributed by atoms with Gasteiger partial charge in [-0.2, -0.15) is 5.10 Å². The highest BCUT2D eigenvalue weighted by Gasteiger charge is 2.10. The molecule has 0 unspecified atom stereocenters. The molecule has 3 nitrogen and oxygen atoms in total. The Labute approximate surface area is 107 Å². The maximum atomic E-state index is 5.80. The summed E-state index contributed by atoms with van der Waals surface area (Å²) in [7, 11) is 1.99. The summed E-state index contributed by atoms with van der Waals surface area (Å²) in [6, 6.07) is 8.34. The molecule has 0 fully saturated rings. The van der Waals surface area contributed by atoms with E-state index in [2.05, 4.69) is 35.1 Å². The summed E-state index contributed by atoms with van der Waals surface area (Å²) in [5.74, 6) is 0.665. The van der Waals surface area contributed by atoms with Crippen LogP contribution in [0.1, 0.15) is 12.6 Å². The summed E-state index contributed by atoms with van der Waals surface area (Å²) in [5, 5.41) is 5.83. The summed E-state index contributed by atoms with van der Waals surface area (Å²) in [6.07, 6.45) is 0. The van der Waals surface area contributed by atoms with Crippen LogP contribution in [0.25, 0.3) is 10.9 Å². The second-order valence-electron chi connectivity index (χ2n) is 4.15. The van der Waals surface area contributed by atoms with Gasteiger partial charge in [0.25, 0.3) is 0 Å². The highest BCUT2D eigenvalue weighted by Crippen LogP contribution is 2.18. The van der Waals surface area contributed by atoms with Gasteiger partial charge < -0.3 is 0 Å². The van der Waals surface area contributed by atoms with Crippen LogP contribution in [-0.2, 0) is 13.6 Å². The van der Waals surface area contributed by atoms with E-state index < -0.39 is 0 Å². The van der Waals surface area contributed by atoms with E-state index in [0.717, 1.165) is 25.3 Å². The number of nitrogens with zero attached hydrogens (tertiary/aromatic N) is 3. The van der Waals surface area contributed by atoms with Crippen molar-refractivity contribution in [2.75, 3.05) is 19.0 Å². The van der Waals surface area contributed by atoms with Crippen LogP contribution in [0.4, 0.5) is 0 Å². The van der Waals surface area contributed by atoms with E-state index in [-0.39, 0.29) is 0 Å². The van der Waals surface area contributed by atoms with E-state index in [1.165, 1.54) is 10.9 Å². The fourth-order valence-electron chi connectivity index (χ4n) is 2.09. The zero-order valence-corrected chi connectivity index (χ0v) is 11.1. The van der Waals surface area contributed by atoms with Gasteiger partial charge in [-0.1, -0.05) is 25.1 Å². The molecule has 0 aliphatic carbocycles. The fourth-order valence-corrected chi connectivity index (χ4v) is 2.32. The van der Waals surface area contributed by atoms with E-state index in [1.807, 2.05) is 17.8 Å². The zero-order chi connectivity index (χ0) is 12.3. The molecular formula is C13H18ClN3. The number of para-hydroxylation sites is 1. The quantitative estimate of drug-likeness (QED) is 0.762. The first-order chi connectivity index (χ1) is 8.26. The Bertz CT molecular complexity index is 492. The normalized spacial score (nSPS) is 11.5. The largest absolute Gasteiger partial charge is 0.297 e. The van der Waals surface area contributed by atoms with Gasteiger partial charge in [0.2, 0.25) is 0 Å². The minimum atomic E-state index is 0.665. The summed E-state index contributed by atoms with van der Waals surface area (Å²) >= 11 is 5.80. The van der Waals surface area contributed by atoms with Gasteiger partial charge in [0.15, 0.2) is 0 Å². The Kier molecular flexibility index (Phi) is 4.02. The molecule has 0 saturated carbocycles. The van der Waals surface area contributed by atoms with Crippen molar-refractivity contribution in [3.63, 3.8) is 0 Å². The number of alkyl halides is 1. The first-order valence-electron chi connectivity index (χ1n) is 5.95. The van der Waals surface area contributed by atoms with Crippen LogP contribution in [0.15, 0.2) is 24.3 Å². The van der Waals surface area contributed by atoms with E-state index in [0.29, 0.717) is 5.88 Å². The maximum absolute atomic E-state index is 5.80. The summed E-state index contributed by atoms with van der Waals surface area (Å²) in [4.78, 5) is 2.31. The SMILES string of the molecule is CCN(CCCl)Cc1nn(C)c2ccccc12. The molecule has 92 valence electrons. The van der Waals surface area contributed by atoms with Crippen LogP contribution in [0.5, 0.6) is 0 Å². The van der Waals surface area contributed by atoms with Crippen molar-refractivity contribution in [1.82, 2.24) is 14.7 Å². The molecule has 0 atom stereocenters. The third-order valence-corrected chi connectivity index (χ3v) is 3.22. The van der Waals surface area contributed by atoms with Crippen molar-refractivity contribution < 1.29 is 0 Å². The number of hydrogen-bond acceptors (Lipinski definition) is 2. The Morgan fingerprint density at radius 1 is 1.35 bits per heavy atom. The molecule has 2 rings (SSSR count). The summed E-state index contributed by atoms with van der Waals surface area (Å²) < 4.78 is 1.94. The number of rotatable bonds is 5. The molecule has 0 aliphatic heterocycles. The van der Waals surface area contributed by atoms with Gasteiger partial charge in [0.1, 0.15) is 0 Å². The third kappa shape index (κ3) is 2.61. The lowest BCUT2D eigenvalue weighted by molar-refractivity contribution is 0.294. The number of halogens is 1. The Morgan fingerprint density at radius 2 is 2.12 bits per heavy atom. The number of hydrogen-bond donors (Lipinski definition) is 0. The molecule has 17 heavy (non-hydrogen) atoms. The molecule has 0 spiro atoms. The molecule has 0 saturated heterocycles.